The second kappa shape index (κ2) is 6.53. The lowest BCUT2D eigenvalue weighted by Crippen LogP contribution is -2.49. The highest BCUT2D eigenvalue weighted by Gasteiger charge is 2.34. The Hall–Kier alpha value is -0.610. The van der Waals surface area contributed by atoms with Crippen LogP contribution in [0.1, 0.15) is 39.0 Å². The summed E-state index contributed by atoms with van der Waals surface area (Å²) in [7, 11) is 0. The van der Waals surface area contributed by atoms with Crippen LogP contribution in [0, 0.1) is 11.8 Å². The van der Waals surface area contributed by atoms with Gasteiger partial charge in [0.05, 0.1) is 12.7 Å². The lowest BCUT2D eigenvalue weighted by atomic mass is 9.78. The highest BCUT2D eigenvalue weighted by atomic mass is 16.5. The number of carbonyl (C=O) groups excluding carboxylic acids is 1. The lowest BCUT2D eigenvalue weighted by Gasteiger charge is -2.38. The minimum absolute atomic E-state index is 0.166. The summed E-state index contributed by atoms with van der Waals surface area (Å²) in [4.78, 5) is 14.6. The number of morpholine rings is 1. The van der Waals surface area contributed by atoms with Gasteiger partial charge in [-0.15, -0.1) is 0 Å². The van der Waals surface area contributed by atoms with E-state index in [-0.39, 0.29) is 12.0 Å². The first-order valence-corrected chi connectivity index (χ1v) is 7.36. The highest BCUT2D eigenvalue weighted by Crippen LogP contribution is 2.31. The summed E-state index contributed by atoms with van der Waals surface area (Å²) in [6.07, 6.45) is 5.75. The molecule has 0 bridgehead atoms. The maximum absolute atomic E-state index is 12.6. The van der Waals surface area contributed by atoms with E-state index in [0.717, 1.165) is 32.4 Å². The number of carbonyl (C=O) groups is 1. The average molecular weight is 254 g/mol. The SMILES string of the molecule is CCC1CN(C(=O)C2CCCCC2CN)CCO1. The van der Waals surface area contributed by atoms with Crippen molar-refractivity contribution in [1.29, 1.82) is 0 Å². The molecule has 1 saturated carbocycles. The molecule has 4 heteroatoms. The summed E-state index contributed by atoms with van der Waals surface area (Å²) in [5.74, 6) is 0.889. The van der Waals surface area contributed by atoms with Crippen molar-refractivity contribution in [2.24, 2.45) is 17.6 Å². The van der Waals surface area contributed by atoms with E-state index in [2.05, 4.69) is 6.92 Å². The molecule has 1 aliphatic carbocycles. The van der Waals surface area contributed by atoms with Crippen LogP contribution in [0.25, 0.3) is 0 Å². The Labute approximate surface area is 110 Å². The van der Waals surface area contributed by atoms with Gasteiger partial charge in [-0.2, -0.15) is 0 Å². The van der Waals surface area contributed by atoms with E-state index in [9.17, 15) is 4.79 Å². The Balaban J connectivity index is 1.96. The van der Waals surface area contributed by atoms with Crippen LogP contribution >= 0.6 is 0 Å². The number of nitrogens with zero attached hydrogens (tertiary/aromatic N) is 1. The molecule has 2 aliphatic rings. The van der Waals surface area contributed by atoms with Crippen LogP contribution in [0.2, 0.25) is 0 Å². The van der Waals surface area contributed by atoms with Gasteiger partial charge in [0.1, 0.15) is 0 Å². The van der Waals surface area contributed by atoms with Crippen LogP contribution in [-0.4, -0.2) is 43.2 Å². The number of nitrogens with two attached hydrogens (primary N) is 1. The monoisotopic (exact) mass is 254 g/mol. The third kappa shape index (κ3) is 3.04. The van der Waals surface area contributed by atoms with Gasteiger partial charge in [-0.05, 0) is 31.7 Å². The number of hydrogen-bond donors (Lipinski definition) is 1. The van der Waals surface area contributed by atoms with Crippen molar-refractivity contribution in [2.75, 3.05) is 26.2 Å². The van der Waals surface area contributed by atoms with Gasteiger partial charge >= 0.3 is 0 Å². The minimum atomic E-state index is 0.166. The van der Waals surface area contributed by atoms with Crippen molar-refractivity contribution < 1.29 is 9.53 Å². The van der Waals surface area contributed by atoms with Crippen molar-refractivity contribution >= 4 is 5.91 Å². The Morgan fingerprint density at radius 3 is 2.89 bits per heavy atom. The molecule has 2 N–H and O–H groups in total. The van der Waals surface area contributed by atoms with Gasteiger partial charge in [-0.25, -0.2) is 0 Å². The van der Waals surface area contributed by atoms with E-state index in [1.807, 2.05) is 4.90 Å². The Bertz CT molecular complexity index is 283. The molecule has 1 aliphatic heterocycles. The van der Waals surface area contributed by atoms with Gasteiger partial charge in [-0.1, -0.05) is 19.8 Å². The zero-order chi connectivity index (χ0) is 13.0. The smallest absolute Gasteiger partial charge is 0.226 e. The summed E-state index contributed by atoms with van der Waals surface area (Å²) >= 11 is 0. The van der Waals surface area contributed by atoms with Gasteiger partial charge in [0.2, 0.25) is 5.91 Å². The largest absolute Gasteiger partial charge is 0.375 e. The maximum Gasteiger partial charge on any atom is 0.226 e. The van der Waals surface area contributed by atoms with E-state index in [0.29, 0.717) is 25.0 Å². The van der Waals surface area contributed by atoms with E-state index in [1.165, 1.54) is 12.8 Å². The van der Waals surface area contributed by atoms with Crippen LogP contribution in [0.5, 0.6) is 0 Å². The van der Waals surface area contributed by atoms with E-state index < -0.39 is 0 Å². The molecule has 0 radical (unpaired) electrons. The van der Waals surface area contributed by atoms with E-state index in [1.54, 1.807) is 0 Å². The molecule has 104 valence electrons. The molecular weight excluding hydrogens is 228 g/mol. The maximum atomic E-state index is 12.6. The van der Waals surface area contributed by atoms with Crippen molar-refractivity contribution in [3.63, 3.8) is 0 Å². The fourth-order valence-corrected chi connectivity index (χ4v) is 3.22. The average Bonchev–Trinajstić information content (AvgIpc) is 2.46. The van der Waals surface area contributed by atoms with E-state index in [4.69, 9.17) is 10.5 Å². The molecule has 0 aromatic rings. The fraction of sp³-hybridized carbons (Fsp3) is 0.929. The van der Waals surface area contributed by atoms with Crippen molar-refractivity contribution in [1.82, 2.24) is 4.90 Å². The quantitative estimate of drug-likeness (QED) is 0.828. The second-order valence-corrected chi connectivity index (χ2v) is 5.57. The highest BCUT2D eigenvalue weighted by molar-refractivity contribution is 5.79. The predicted octanol–water partition coefficient (Wildman–Crippen LogP) is 1.39. The lowest BCUT2D eigenvalue weighted by molar-refractivity contribution is -0.146. The standard InChI is InChI=1S/C14H26N2O2/c1-2-12-10-16(7-8-18-12)14(17)13-6-4-3-5-11(13)9-15/h11-13H,2-10,15H2,1H3. The molecule has 1 heterocycles. The number of ether oxygens (including phenoxy) is 1. The third-order valence-electron chi connectivity index (χ3n) is 4.43. The van der Waals surface area contributed by atoms with Crippen LogP contribution < -0.4 is 5.73 Å². The third-order valence-corrected chi connectivity index (χ3v) is 4.43. The van der Waals surface area contributed by atoms with Gasteiger partial charge < -0.3 is 15.4 Å². The molecule has 1 amide bonds. The molecule has 2 fully saturated rings. The molecular formula is C14H26N2O2. The summed E-state index contributed by atoms with van der Waals surface area (Å²) < 4.78 is 5.63. The topological polar surface area (TPSA) is 55.6 Å². The first-order valence-electron chi connectivity index (χ1n) is 7.36. The summed E-state index contributed by atoms with van der Waals surface area (Å²) in [6.45, 7) is 4.97. The Kier molecular flexibility index (Phi) is 5.01. The zero-order valence-corrected chi connectivity index (χ0v) is 11.4. The van der Waals surface area contributed by atoms with Crippen molar-refractivity contribution in [3.8, 4) is 0 Å². The van der Waals surface area contributed by atoms with Crippen LogP contribution in [0.4, 0.5) is 0 Å². The summed E-state index contributed by atoms with van der Waals surface area (Å²) in [5, 5.41) is 0. The molecule has 3 atom stereocenters. The minimum Gasteiger partial charge on any atom is -0.375 e. The Morgan fingerprint density at radius 1 is 1.39 bits per heavy atom. The first kappa shape index (κ1) is 13.8. The molecule has 3 unspecified atom stereocenters. The summed E-state index contributed by atoms with van der Waals surface area (Å²) in [6, 6.07) is 0. The zero-order valence-electron chi connectivity index (χ0n) is 11.4. The number of amides is 1. The molecule has 0 spiro atoms. The van der Waals surface area contributed by atoms with Crippen LogP contribution in [0.15, 0.2) is 0 Å². The molecule has 18 heavy (non-hydrogen) atoms. The van der Waals surface area contributed by atoms with Crippen LogP contribution in [0.3, 0.4) is 0 Å². The van der Waals surface area contributed by atoms with Crippen LogP contribution in [-0.2, 0) is 9.53 Å². The van der Waals surface area contributed by atoms with Gasteiger partial charge in [0, 0.05) is 19.0 Å². The van der Waals surface area contributed by atoms with Gasteiger partial charge in [-0.3, -0.25) is 4.79 Å². The second-order valence-electron chi connectivity index (χ2n) is 5.57. The number of hydrogen-bond acceptors (Lipinski definition) is 3. The molecule has 4 nitrogen and oxygen atoms in total. The fourth-order valence-electron chi connectivity index (χ4n) is 3.22. The van der Waals surface area contributed by atoms with Crippen molar-refractivity contribution in [2.45, 2.75) is 45.1 Å². The summed E-state index contributed by atoms with van der Waals surface area (Å²) in [5.41, 5.74) is 5.82. The van der Waals surface area contributed by atoms with E-state index >= 15 is 0 Å². The Morgan fingerprint density at radius 2 is 2.17 bits per heavy atom. The normalized spacial score (nSPS) is 33.4. The first-order chi connectivity index (χ1) is 8.76. The van der Waals surface area contributed by atoms with Gasteiger partial charge in [0.15, 0.2) is 0 Å². The van der Waals surface area contributed by atoms with Gasteiger partial charge in [0.25, 0.3) is 0 Å². The number of rotatable bonds is 3. The molecule has 2 rings (SSSR count). The van der Waals surface area contributed by atoms with Crippen molar-refractivity contribution in [3.05, 3.63) is 0 Å². The molecule has 0 aromatic heterocycles. The predicted molar refractivity (Wildman–Crippen MR) is 71.1 cm³/mol. The molecule has 0 aromatic carbocycles. The molecule has 1 saturated heterocycles.